The SMILES string of the molecule is CS(=O)(=O)CCC(=O)c1cccc(Cl)c1F. The molecule has 1 aromatic rings. The van der Waals surface area contributed by atoms with E-state index in [0.717, 1.165) is 6.26 Å². The van der Waals surface area contributed by atoms with Crippen molar-refractivity contribution in [2.24, 2.45) is 0 Å². The molecule has 6 heteroatoms. The van der Waals surface area contributed by atoms with Gasteiger partial charge in [0.25, 0.3) is 0 Å². The second-order valence-electron chi connectivity index (χ2n) is 3.40. The van der Waals surface area contributed by atoms with Crippen molar-refractivity contribution in [3.63, 3.8) is 0 Å². The van der Waals surface area contributed by atoms with Crippen molar-refractivity contribution in [2.45, 2.75) is 6.42 Å². The summed E-state index contributed by atoms with van der Waals surface area (Å²) >= 11 is 5.50. The summed E-state index contributed by atoms with van der Waals surface area (Å²) < 4.78 is 35.1. The van der Waals surface area contributed by atoms with Crippen molar-refractivity contribution in [3.05, 3.63) is 34.6 Å². The highest BCUT2D eigenvalue weighted by molar-refractivity contribution is 7.90. The summed E-state index contributed by atoms with van der Waals surface area (Å²) in [7, 11) is -3.23. The van der Waals surface area contributed by atoms with Gasteiger partial charge in [0.1, 0.15) is 9.84 Å². The summed E-state index contributed by atoms with van der Waals surface area (Å²) in [5.41, 5.74) is -0.170. The maximum Gasteiger partial charge on any atom is 0.166 e. The topological polar surface area (TPSA) is 51.2 Å². The molecule has 0 aliphatic carbocycles. The van der Waals surface area contributed by atoms with Gasteiger partial charge in [-0.2, -0.15) is 0 Å². The Morgan fingerprint density at radius 1 is 1.44 bits per heavy atom. The fourth-order valence-electron chi connectivity index (χ4n) is 1.13. The van der Waals surface area contributed by atoms with Gasteiger partial charge in [-0.1, -0.05) is 17.7 Å². The molecule has 3 nitrogen and oxygen atoms in total. The molecule has 1 rings (SSSR count). The highest BCUT2D eigenvalue weighted by atomic mass is 35.5. The third-order valence-corrected chi connectivity index (χ3v) is 3.19. The Morgan fingerprint density at radius 3 is 2.62 bits per heavy atom. The van der Waals surface area contributed by atoms with Gasteiger partial charge in [-0.15, -0.1) is 0 Å². The van der Waals surface area contributed by atoms with Gasteiger partial charge in [-0.3, -0.25) is 4.79 Å². The summed E-state index contributed by atoms with van der Waals surface area (Å²) in [5, 5.41) is -0.148. The Morgan fingerprint density at radius 2 is 2.06 bits per heavy atom. The third-order valence-electron chi connectivity index (χ3n) is 1.95. The van der Waals surface area contributed by atoms with Gasteiger partial charge in [-0.25, -0.2) is 12.8 Å². The molecule has 0 saturated carbocycles. The maximum absolute atomic E-state index is 13.4. The van der Waals surface area contributed by atoms with Crippen molar-refractivity contribution in [3.8, 4) is 0 Å². The van der Waals surface area contributed by atoms with Gasteiger partial charge in [0, 0.05) is 12.7 Å². The zero-order chi connectivity index (χ0) is 12.3. The predicted octanol–water partition coefficient (Wildman–Crippen LogP) is 2.10. The number of halogens is 2. The quantitative estimate of drug-likeness (QED) is 0.783. The van der Waals surface area contributed by atoms with E-state index in [1.807, 2.05) is 0 Å². The van der Waals surface area contributed by atoms with Crippen LogP contribution in [0, 0.1) is 5.82 Å². The smallest absolute Gasteiger partial charge is 0.166 e. The minimum absolute atomic E-state index is 0.148. The van der Waals surface area contributed by atoms with Gasteiger partial charge in [0.05, 0.1) is 16.3 Å². The lowest BCUT2D eigenvalue weighted by Gasteiger charge is -2.03. The molecule has 0 N–H and O–H groups in total. The van der Waals surface area contributed by atoms with Crippen LogP contribution in [0.5, 0.6) is 0 Å². The van der Waals surface area contributed by atoms with E-state index in [1.54, 1.807) is 0 Å². The zero-order valence-corrected chi connectivity index (χ0v) is 10.1. The largest absolute Gasteiger partial charge is 0.294 e. The minimum atomic E-state index is -3.23. The molecular weight excluding hydrogens is 255 g/mol. The summed E-state index contributed by atoms with van der Waals surface area (Å²) in [6.07, 6.45) is 0.782. The van der Waals surface area contributed by atoms with E-state index < -0.39 is 21.4 Å². The zero-order valence-electron chi connectivity index (χ0n) is 8.54. The molecule has 0 atom stereocenters. The lowest BCUT2D eigenvalue weighted by molar-refractivity contribution is 0.0985. The highest BCUT2D eigenvalue weighted by Gasteiger charge is 2.15. The van der Waals surface area contributed by atoms with Crippen LogP contribution in [0.15, 0.2) is 18.2 Å². The lowest BCUT2D eigenvalue weighted by atomic mass is 10.1. The highest BCUT2D eigenvalue weighted by Crippen LogP contribution is 2.19. The molecule has 0 radical (unpaired) electrons. The summed E-state index contributed by atoms with van der Waals surface area (Å²) in [5.74, 6) is -1.66. The van der Waals surface area contributed by atoms with Gasteiger partial charge >= 0.3 is 0 Å². The van der Waals surface area contributed by atoms with E-state index in [-0.39, 0.29) is 22.8 Å². The molecule has 0 aliphatic rings. The number of hydrogen-bond donors (Lipinski definition) is 0. The number of ketones is 1. The molecule has 0 saturated heterocycles. The average Bonchev–Trinajstić information content (AvgIpc) is 2.17. The van der Waals surface area contributed by atoms with Crippen LogP contribution in [0.1, 0.15) is 16.8 Å². The molecule has 0 spiro atoms. The number of carbonyl (C=O) groups excluding carboxylic acids is 1. The molecule has 88 valence electrons. The molecule has 0 unspecified atom stereocenters. The van der Waals surface area contributed by atoms with Crippen molar-refractivity contribution in [2.75, 3.05) is 12.0 Å². The van der Waals surface area contributed by atoms with E-state index in [1.165, 1.54) is 18.2 Å². The monoisotopic (exact) mass is 264 g/mol. The molecule has 1 aromatic carbocycles. The Bertz CT molecular complexity index is 511. The van der Waals surface area contributed by atoms with Crippen LogP contribution in [0.3, 0.4) is 0 Å². The molecule has 0 heterocycles. The first-order valence-corrected chi connectivity index (χ1v) is 6.90. The summed E-state index contributed by atoms with van der Waals surface area (Å²) in [6, 6.07) is 4.05. The van der Waals surface area contributed by atoms with Gasteiger partial charge in [-0.05, 0) is 12.1 Å². The van der Waals surface area contributed by atoms with Crippen molar-refractivity contribution in [1.82, 2.24) is 0 Å². The first-order chi connectivity index (χ1) is 7.31. The summed E-state index contributed by atoms with van der Waals surface area (Å²) in [6.45, 7) is 0. The first-order valence-electron chi connectivity index (χ1n) is 4.46. The van der Waals surface area contributed by atoms with Crippen molar-refractivity contribution in [1.29, 1.82) is 0 Å². The van der Waals surface area contributed by atoms with Gasteiger partial charge in [0.2, 0.25) is 0 Å². The summed E-state index contributed by atoms with van der Waals surface area (Å²) in [4.78, 5) is 11.5. The predicted molar refractivity (Wildman–Crippen MR) is 60.1 cm³/mol. The van der Waals surface area contributed by atoms with Crippen LogP contribution in [0.2, 0.25) is 5.02 Å². The fourth-order valence-corrected chi connectivity index (χ4v) is 1.86. The number of hydrogen-bond acceptors (Lipinski definition) is 3. The van der Waals surface area contributed by atoms with Crippen LogP contribution in [-0.4, -0.2) is 26.2 Å². The van der Waals surface area contributed by atoms with Crippen molar-refractivity contribution >= 4 is 27.2 Å². The Hall–Kier alpha value is -0.940. The standard InChI is InChI=1S/C10H10ClFO3S/c1-16(14,15)6-5-9(13)7-3-2-4-8(11)10(7)12/h2-4H,5-6H2,1H3. The minimum Gasteiger partial charge on any atom is -0.294 e. The number of carbonyl (C=O) groups is 1. The van der Waals surface area contributed by atoms with Crippen LogP contribution in [0.25, 0.3) is 0 Å². The van der Waals surface area contributed by atoms with E-state index in [4.69, 9.17) is 11.6 Å². The molecule has 0 aliphatic heterocycles. The molecule has 16 heavy (non-hydrogen) atoms. The van der Waals surface area contributed by atoms with Gasteiger partial charge in [0.15, 0.2) is 11.6 Å². The number of benzene rings is 1. The first kappa shape index (κ1) is 13.1. The van der Waals surface area contributed by atoms with Crippen LogP contribution in [-0.2, 0) is 9.84 Å². The third kappa shape index (κ3) is 3.57. The molecule has 0 amide bonds. The van der Waals surface area contributed by atoms with E-state index >= 15 is 0 Å². The molecule has 0 aromatic heterocycles. The normalized spacial score (nSPS) is 11.4. The number of Topliss-reactive ketones (excluding diaryl/α,β-unsaturated/α-hetero) is 1. The molecule has 0 bridgehead atoms. The van der Waals surface area contributed by atoms with Gasteiger partial charge < -0.3 is 0 Å². The second-order valence-corrected chi connectivity index (χ2v) is 6.07. The number of rotatable bonds is 4. The second kappa shape index (κ2) is 4.93. The average molecular weight is 265 g/mol. The maximum atomic E-state index is 13.4. The molecular formula is C10H10ClFO3S. The Kier molecular flexibility index (Phi) is 4.04. The molecule has 0 fully saturated rings. The van der Waals surface area contributed by atoms with Crippen molar-refractivity contribution < 1.29 is 17.6 Å². The Labute approximate surface area is 98.1 Å². The lowest BCUT2D eigenvalue weighted by Crippen LogP contribution is -2.10. The Balaban J connectivity index is 2.86. The van der Waals surface area contributed by atoms with E-state index in [2.05, 4.69) is 0 Å². The van der Waals surface area contributed by atoms with Crippen LogP contribution in [0.4, 0.5) is 4.39 Å². The van der Waals surface area contributed by atoms with Crippen LogP contribution < -0.4 is 0 Å². The fraction of sp³-hybridized carbons (Fsp3) is 0.300. The van der Waals surface area contributed by atoms with E-state index in [9.17, 15) is 17.6 Å². The van der Waals surface area contributed by atoms with Crippen LogP contribution >= 0.6 is 11.6 Å². The van der Waals surface area contributed by atoms with E-state index in [0.29, 0.717) is 0 Å². The number of sulfone groups is 1.